The molecular weight excluding hydrogens is 312 g/mol. The second-order valence-electron chi connectivity index (χ2n) is 5.04. The highest BCUT2D eigenvalue weighted by atomic mass is 16.6. The van der Waals surface area contributed by atoms with Crippen LogP contribution in [0.1, 0.15) is 12.6 Å². The first kappa shape index (κ1) is 15.6. The molecule has 0 saturated heterocycles. The Bertz CT molecular complexity index is 902. The van der Waals surface area contributed by atoms with E-state index >= 15 is 0 Å². The lowest BCUT2D eigenvalue weighted by Gasteiger charge is -2.01. The topological polar surface area (TPSA) is 99.6 Å². The van der Waals surface area contributed by atoms with Gasteiger partial charge in [-0.05, 0) is 31.2 Å². The largest absolute Gasteiger partial charge is 0.466 e. The van der Waals surface area contributed by atoms with Gasteiger partial charge in [-0.1, -0.05) is 0 Å². The molecule has 8 nitrogen and oxygen atoms in total. The van der Waals surface area contributed by atoms with Crippen LogP contribution in [0.4, 0.5) is 5.69 Å². The minimum absolute atomic E-state index is 0.0270. The minimum Gasteiger partial charge on any atom is -0.466 e. The number of carbonyl (C=O) groups is 1. The number of ether oxygens (including phenoxy) is 1. The van der Waals surface area contributed by atoms with Gasteiger partial charge in [0.25, 0.3) is 5.69 Å². The summed E-state index contributed by atoms with van der Waals surface area (Å²) in [5, 5.41) is 15.1. The lowest BCUT2D eigenvalue weighted by atomic mass is 10.1. The number of hydrogen-bond acceptors (Lipinski definition) is 6. The van der Waals surface area contributed by atoms with Crippen LogP contribution in [-0.4, -0.2) is 32.1 Å². The number of benzene rings is 1. The number of esters is 1. The van der Waals surface area contributed by atoms with Crippen LogP contribution < -0.4 is 0 Å². The van der Waals surface area contributed by atoms with Crippen LogP contribution in [-0.2, 0) is 16.0 Å². The molecule has 1 aromatic carbocycles. The molecule has 0 aliphatic rings. The fraction of sp³-hybridized carbons (Fsp3) is 0.188. The Balaban J connectivity index is 1.88. The molecule has 122 valence electrons. The van der Waals surface area contributed by atoms with E-state index in [4.69, 9.17) is 4.74 Å². The lowest BCUT2D eigenvalue weighted by molar-refractivity contribution is -0.384. The van der Waals surface area contributed by atoms with E-state index in [2.05, 4.69) is 10.1 Å². The fourth-order valence-corrected chi connectivity index (χ4v) is 2.28. The Morgan fingerprint density at radius 1 is 1.25 bits per heavy atom. The number of non-ortho nitro benzene ring substituents is 1. The van der Waals surface area contributed by atoms with E-state index in [-0.39, 0.29) is 18.1 Å². The maximum Gasteiger partial charge on any atom is 0.311 e. The van der Waals surface area contributed by atoms with Crippen LogP contribution in [0, 0.1) is 10.1 Å². The maximum atomic E-state index is 11.5. The Morgan fingerprint density at radius 3 is 2.67 bits per heavy atom. The summed E-state index contributed by atoms with van der Waals surface area (Å²) in [6, 6.07) is 9.70. The first-order chi connectivity index (χ1) is 11.6. The van der Waals surface area contributed by atoms with Crippen molar-refractivity contribution in [2.75, 3.05) is 6.61 Å². The molecule has 2 heterocycles. The van der Waals surface area contributed by atoms with Crippen molar-refractivity contribution in [2.24, 2.45) is 0 Å². The van der Waals surface area contributed by atoms with Gasteiger partial charge >= 0.3 is 5.97 Å². The number of aromatic nitrogens is 3. The minimum atomic E-state index is -0.446. The van der Waals surface area contributed by atoms with Crippen molar-refractivity contribution in [2.45, 2.75) is 13.3 Å². The zero-order valence-corrected chi connectivity index (χ0v) is 12.9. The molecule has 0 fully saturated rings. The zero-order chi connectivity index (χ0) is 17.1. The summed E-state index contributed by atoms with van der Waals surface area (Å²) in [4.78, 5) is 26.1. The standard InChI is InChI=1S/C16H14N4O4/c1-2-24-16(21)9-12-10-19-15(17-12)8-7-14(18-19)11-3-5-13(6-4-11)20(22)23/h3-8,10H,2,9H2,1H3. The highest BCUT2D eigenvalue weighted by Gasteiger charge is 2.11. The van der Waals surface area contributed by atoms with Gasteiger partial charge in [-0.15, -0.1) is 0 Å². The molecule has 0 N–H and O–H groups in total. The van der Waals surface area contributed by atoms with E-state index in [1.54, 1.807) is 41.9 Å². The number of nitro groups is 1. The molecule has 0 atom stereocenters. The van der Waals surface area contributed by atoms with Crippen LogP contribution in [0.5, 0.6) is 0 Å². The molecule has 0 bridgehead atoms. The third-order valence-electron chi connectivity index (χ3n) is 3.37. The van der Waals surface area contributed by atoms with Crippen molar-refractivity contribution in [3.8, 4) is 11.3 Å². The Morgan fingerprint density at radius 2 is 2.00 bits per heavy atom. The van der Waals surface area contributed by atoms with E-state index in [1.807, 2.05) is 0 Å². The van der Waals surface area contributed by atoms with Gasteiger partial charge in [-0.3, -0.25) is 14.9 Å². The number of imidazole rings is 1. The normalized spacial score (nSPS) is 10.7. The third-order valence-corrected chi connectivity index (χ3v) is 3.37. The quantitative estimate of drug-likeness (QED) is 0.405. The molecule has 0 saturated carbocycles. The first-order valence-electron chi connectivity index (χ1n) is 7.32. The van der Waals surface area contributed by atoms with Gasteiger partial charge in [-0.25, -0.2) is 9.50 Å². The summed E-state index contributed by atoms with van der Waals surface area (Å²) in [5.41, 5.74) is 2.61. The number of hydrogen-bond donors (Lipinski definition) is 0. The van der Waals surface area contributed by atoms with E-state index < -0.39 is 4.92 Å². The van der Waals surface area contributed by atoms with E-state index in [1.165, 1.54) is 12.1 Å². The number of nitro benzene ring substituents is 1. The molecule has 0 aliphatic carbocycles. The van der Waals surface area contributed by atoms with Crippen LogP contribution in [0.3, 0.4) is 0 Å². The molecule has 0 aliphatic heterocycles. The van der Waals surface area contributed by atoms with E-state index in [0.717, 1.165) is 5.56 Å². The second-order valence-corrected chi connectivity index (χ2v) is 5.04. The van der Waals surface area contributed by atoms with Gasteiger partial charge in [0.2, 0.25) is 0 Å². The summed E-state index contributed by atoms with van der Waals surface area (Å²) in [6.07, 6.45) is 1.76. The van der Waals surface area contributed by atoms with Crippen molar-refractivity contribution in [1.29, 1.82) is 0 Å². The van der Waals surface area contributed by atoms with Crippen molar-refractivity contribution in [3.63, 3.8) is 0 Å². The van der Waals surface area contributed by atoms with Crippen molar-refractivity contribution in [1.82, 2.24) is 14.6 Å². The first-order valence-corrected chi connectivity index (χ1v) is 7.32. The van der Waals surface area contributed by atoms with E-state index in [9.17, 15) is 14.9 Å². The van der Waals surface area contributed by atoms with Gasteiger partial charge in [0.05, 0.1) is 35.5 Å². The smallest absolute Gasteiger partial charge is 0.311 e. The number of nitrogens with zero attached hydrogens (tertiary/aromatic N) is 4. The van der Waals surface area contributed by atoms with Crippen LogP contribution in [0.2, 0.25) is 0 Å². The Kier molecular flexibility index (Phi) is 4.19. The van der Waals surface area contributed by atoms with Gasteiger partial charge in [-0.2, -0.15) is 5.10 Å². The lowest BCUT2D eigenvalue weighted by Crippen LogP contribution is -2.07. The average molecular weight is 326 g/mol. The summed E-state index contributed by atoms with van der Waals surface area (Å²) < 4.78 is 6.48. The number of carbonyl (C=O) groups excluding carboxylic acids is 1. The molecule has 2 aromatic heterocycles. The van der Waals surface area contributed by atoms with Gasteiger partial charge in [0.15, 0.2) is 5.65 Å². The highest BCUT2D eigenvalue weighted by molar-refractivity contribution is 5.72. The van der Waals surface area contributed by atoms with Crippen molar-refractivity contribution >= 4 is 17.3 Å². The zero-order valence-electron chi connectivity index (χ0n) is 12.9. The molecule has 24 heavy (non-hydrogen) atoms. The number of rotatable bonds is 5. The van der Waals surface area contributed by atoms with Gasteiger partial charge in [0.1, 0.15) is 0 Å². The molecule has 0 amide bonds. The SMILES string of the molecule is CCOC(=O)Cc1cn2nc(-c3ccc([N+](=O)[O-])cc3)ccc2n1. The molecular formula is C16H14N4O4. The highest BCUT2D eigenvalue weighted by Crippen LogP contribution is 2.21. The molecule has 0 radical (unpaired) electrons. The fourth-order valence-electron chi connectivity index (χ4n) is 2.28. The van der Waals surface area contributed by atoms with Crippen molar-refractivity contribution < 1.29 is 14.5 Å². The van der Waals surface area contributed by atoms with Gasteiger partial charge < -0.3 is 4.74 Å². The maximum absolute atomic E-state index is 11.5. The predicted molar refractivity (Wildman–Crippen MR) is 85.4 cm³/mol. The van der Waals surface area contributed by atoms with Crippen LogP contribution in [0.15, 0.2) is 42.6 Å². The predicted octanol–water partition coefficient (Wildman–Crippen LogP) is 2.41. The van der Waals surface area contributed by atoms with Crippen LogP contribution >= 0.6 is 0 Å². The summed E-state index contributed by atoms with van der Waals surface area (Å²) in [7, 11) is 0. The molecule has 8 heteroatoms. The monoisotopic (exact) mass is 326 g/mol. The summed E-state index contributed by atoms with van der Waals surface area (Å²) in [6.45, 7) is 2.08. The molecule has 0 unspecified atom stereocenters. The third kappa shape index (κ3) is 3.22. The summed E-state index contributed by atoms with van der Waals surface area (Å²) >= 11 is 0. The van der Waals surface area contributed by atoms with E-state index in [0.29, 0.717) is 23.6 Å². The Labute approximate surface area is 136 Å². The molecule has 0 spiro atoms. The van der Waals surface area contributed by atoms with Gasteiger partial charge in [0, 0.05) is 17.7 Å². The molecule has 3 rings (SSSR count). The average Bonchev–Trinajstić information content (AvgIpc) is 2.96. The van der Waals surface area contributed by atoms with Crippen LogP contribution in [0.25, 0.3) is 16.9 Å². The second kappa shape index (κ2) is 6.45. The Hall–Kier alpha value is -3.29. The molecule has 3 aromatic rings. The summed E-state index contributed by atoms with van der Waals surface area (Å²) in [5.74, 6) is -0.337. The number of fused-ring (bicyclic) bond motifs is 1. The van der Waals surface area contributed by atoms with Crippen molar-refractivity contribution in [3.05, 3.63) is 58.4 Å².